The maximum absolute atomic E-state index is 14.7. The molecule has 1 saturated carbocycles. The van der Waals surface area contributed by atoms with E-state index >= 15 is 0 Å². The molecule has 7 rings (SSSR count). The Bertz CT molecular complexity index is 1520. The predicted octanol–water partition coefficient (Wildman–Crippen LogP) is 4.25. The Morgan fingerprint density at radius 3 is 2.86 bits per heavy atom. The molecule has 0 spiro atoms. The van der Waals surface area contributed by atoms with E-state index in [1.807, 2.05) is 36.5 Å². The Labute approximate surface area is 208 Å². The summed E-state index contributed by atoms with van der Waals surface area (Å²) < 4.78 is 14.7. The summed E-state index contributed by atoms with van der Waals surface area (Å²) in [7, 11) is 0. The molecule has 2 aromatic heterocycles. The largest absolute Gasteiger partial charge is 0.355 e. The third kappa shape index (κ3) is 2.96. The van der Waals surface area contributed by atoms with Gasteiger partial charge >= 0.3 is 0 Å². The molecule has 36 heavy (non-hydrogen) atoms. The minimum atomic E-state index is -0.0915. The van der Waals surface area contributed by atoms with Crippen molar-refractivity contribution in [2.45, 2.75) is 31.6 Å². The second-order valence-corrected chi connectivity index (χ2v) is 10.2. The van der Waals surface area contributed by atoms with E-state index in [0.717, 1.165) is 60.6 Å². The lowest BCUT2D eigenvalue weighted by Crippen LogP contribution is -2.32. The highest BCUT2D eigenvalue weighted by molar-refractivity contribution is 6.00. The minimum Gasteiger partial charge on any atom is -0.355 e. The summed E-state index contributed by atoms with van der Waals surface area (Å²) in [6.07, 6.45) is 4.53. The van der Waals surface area contributed by atoms with Gasteiger partial charge in [0.05, 0.1) is 11.9 Å². The van der Waals surface area contributed by atoms with Gasteiger partial charge in [0.1, 0.15) is 17.2 Å². The highest BCUT2D eigenvalue weighted by atomic mass is 19.1. The van der Waals surface area contributed by atoms with Crippen LogP contribution >= 0.6 is 0 Å². The number of fused-ring (bicyclic) bond motifs is 3. The molecule has 8 heteroatoms. The molecule has 0 radical (unpaired) electrons. The van der Waals surface area contributed by atoms with Crippen molar-refractivity contribution >= 4 is 22.9 Å². The average molecular weight is 483 g/mol. The summed E-state index contributed by atoms with van der Waals surface area (Å²) in [6, 6.07) is 13.0. The summed E-state index contributed by atoms with van der Waals surface area (Å²) in [5.41, 5.74) is 5.50. The van der Waals surface area contributed by atoms with Crippen molar-refractivity contribution in [1.82, 2.24) is 25.5 Å². The highest BCUT2D eigenvalue weighted by Crippen LogP contribution is 2.65. The number of carbonyl (C=O) groups excluding carboxylic acids is 1. The zero-order valence-electron chi connectivity index (χ0n) is 20.1. The SMILES string of the molecule is CC[C@]1(c2ccccc2F)[C@@H]2CCN(c3cnc4c(-c5cccc6c5CCNC6=O)[nH]nc4n3)C[C@@H]21. The fourth-order valence-electron chi connectivity index (χ4n) is 6.96. The normalized spacial score (nSPS) is 24.8. The molecule has 2 fully saturated rings. The summed E-state index contributed by atoms with van der Waals surface area (Å²) in [6.45, 7) is 4.51. The van der Waals surface area contributed by atoms with E-state index in [1.165, 1.54) is 0 Å². The first kappa shape index (κ1) is 21.5. The van der Waals surface area contributed by atoms with Crippen molar-refractivity contribution in [1.29, 1.82) is 0 Å². The first-order chi connectivity index (χ1) is 17.6. The monoisotopic (exact) mass is 482 g/mol. The van der Waals surface area contributed by atoms with Crippen molar-refractivity contribution in [3.05, 3.63) is 71.2 Å². The fourth-order valence-corrected chi connectivity index (χ4v) is 6.96. The molecule has 3 atom stereocenters. The molecule has 2 N–H and O–H groups in total. The van der Waals surface area contributed by atoms with E-state index in [2.05, 4.69) is 27.3 Å². The Hall–Kier alpha value is -3.81. The molecule has 0 unspecified atom stereocenters. The van der Waals surface area contributed by atoms with Crippen molar-refractivity contribution in [2.24, 2.45) is 11.8 Å². The first-order valence-corrected chi connectivity index (χ1v) is 12.7. The highest BCUT2D eigenvalue weighted by Gasteiger charge is 2.65. The van der Waals surface area contributed by atoms with Crippen LogP contribution in [0.15, 0.2) is 48.7 Å². The van der Waals surface area contributed by atoms with Crippen molar-refractivity contribution in [3.63, 3.8) is 0 Å². The molecule has 2 aromatic carbocycles. The second kappa shape index (κ2) is 7.85. The Balaban J connectivity index is 1.19. The van der Waals surface area contributed by atoms with Crippen LogP contribution in [0.1, 0.15) is 41.3 Å². The Morgan fingerprint density at radius 2 is 2.00 bits per heavy atom. The third-order valence-electron chi connectivity index (χ3n) is 8.71. The van der Waals surface area contributed by atoms with Crippen LogP contribution < -0.4 is 10.2 Å². The van der Waals surface area contributed by atoms with Crippen LogP contribution in [0.5, 0.6) is 0 Å². The lowest BCUT2D eigenvalue weighted by molar-refractivity contribution is 0.0946. The number of amides is 1. The molecular weight excluding hydrogens is 455 g/mol. The quantitative estimate of drug-likeness (QED) is 0.454. The summed E-state index contributed by atoms with van der Waals surface area (Å²) in [5.74, 6) is 1.58. The predicted molar refractivity (Wildman–Crippen MR) is 135 cm³/mol. The van der Waals surface area contributed by atoms with Crippen LogP contribution in [0.25, 0.3) is 22.4 Å². The van der Waals surface area contributed by atoms with Gasteiger partial charge in [0.15, 0.2) is 0 Å². The van der Waals surface area contributed by atoms with Crippen LogP contribution in [-0.2, 0) is 11.8 Å². The number of halogens is 1. The molecule has 0 bridgehead atoms. The van der Waals surface area contributed by atoms with Crippen molar-refractivity contribution in [2.75, 3.05) is 24.5 Å². The van der Waals surface area contributed by atoms with Crippen LogP contribution in [-0.4, -0.2) is 45.7 Å². The van der Waals surface area contributed by atoms with Gasteiger partial charge in [-0.05, 0) is 54.4 Å². The van der Waals surface area contributed by atoms with Gasteiger partial charge in [0, 0.05) is 36.2 Å². The van der Waals surface area contributed by atoms with E-state index < -0.39 is 0 Å². The molecule has 7 nitrogen and oxygen atoms in total. The van der Waals surface area contributed by atoms with Gasteiger partial charge in [-0.2, -0.15) is 5.10 Å². The number of aromatic amines is 1. The molecule has 3 aliphatic rings. The zero-order valence-corrected chi connectivity index (χ0v) is 20.1. The molecule has 4 aromatic rings. The van der Waals surface area contributed by atoms with Crippen molar-refractivity contribution in [3.8, 4) is 11.3 Å². The van der Waals surface area contributed by atoms with Gasteiger partial charge in [0.25, 0.3) is 5.91 Å². The third-order valence-corrected chi connectivity index (χ3v) is 8.71. The van der Waals surface area contributed by atoms with Gasteiger partial charge in [0.2, 0.25) is 5.65 Å². The second-order valence-electron chi connectivity index (χ2n) is 10.2. The number of hydrogen-bond donors (Lipinski definition) is 2. The number of anilines is 1. The molecule has 182 valence electrons. The molecular formula is C28H27FN6O. The smallest absolute Gasteiger partial charge is 0.251 e. The number of H-pyrrole nitrogens is 1. The standard InChI is InChI=1S/C28H27FN6O/c1-2-28(20-8-3-4-9-22(20)29)19-11-13-35(15-21(19)28)23-14-31-25-24(33-34-26(25)32-23)17-6-5-7-18-16(17)10-12-30-27(18)36/h3-9,14,19,21H,2,10-13,15H2,1H3,(H,30,36)(H,32,33,34)/t19-,21+,28-/m1/s1. The summed E-state index contributed by atoms with van der Waals surface area (Å²) in [4.78, 5) is 24.2. The number of benzene rings is 2. The number of piperidine rings is 1. The topological polar surface area (TPSA) is 86.8 Å². The van der Waals surface area contributed by atoms with Crippen LogP contribution in [0, 0.1) is 17.7 Å². The molecule has 1 saturated heterocycles. The number of hydrogen-bond acceptors (Lipinski definition) is 5. The number of carbonyl (C=O) groups is 1. The summed E-state index contributed by atoms with van der Waals surface area (Å²) in [5, 5.41) is 10.5. The molecule has 1 amide bonds. The van der Waals surface area contributed by atoms with E-state index in [9.17, 15) is 9.18 Å². The van der Waals surface area contributed by atoms with E-state index in [0.29, 0.717) is 35.1 Å². The maximum atomic E-state index is 14.7. The van der Waals surface area contributed by atoms with E-state index in [4.69, 9.17) is 9.97 Å². The van der Waals surface area contributed by atoms with Crippen LogP contribution in [0.4, 0.5) is 10.2 Å². The average Bonchev–Trinajstić information content (AvgIpc) is 3.37. The number of nitrogens with zero attached hydrogens (tertiary/aromatic N) is 4. The lowest BCUT2D eigenvalue weighted by atomic mass is 9.88. The van der Waals surface area contributed by atoms with Crippen molar-refractivity contribution < 1.29 is 9.18 Å². The zero-order chi connectivity index (χ0) is 24.4. The van der Waals surface area contributed by atoms with Gasteiger partial charge in [-0.25, -0.2) is 14.4 Å². The van der Waals surface area contributed by atoms with Gasteiger partial charge in [-0.15, -0.1) is 0 Å². The Morgan fingerprint density at radius 1 is 1.14 bits per heavy atom. The fraction of sp³-hybridized carbons (Fsp3) is 0.357. The number of aromatic nitrogens is 4. The van der Waals surface area contributed by atoms with Gasteiger partial charge < -0.3 is 10.2 Å². The van der Waals surface area contributed by atoms with Crippen LogP contribution in [0.3, 0.4) is 0 Å². The number of nitrogens with one attached hydrogen (secondary N) is 2. The lowest BCUT2D eigenvalue weighted by Gasteiger charge is -2.26. The van der Waals surface area contributed by atoms with Crippen LogP contribution in [0.2, 0.25) is 0 Å². The van der Waals surface area contributed by atoms with E-state index in [-0.39, 0.29) is 17.1 Å². The molecule has 2 aliphatic heterocycles. The summed E-state index contributed by atoms with van der Waals surface area (Å²) >= 11 is 0. The van der Waals surface area contributed by atoms with E-state index in [1.54, 1.807) is 12.1 Å². The van der Waals surface area contributed by atoms with Gasteiger partial charge in [-0.3, -0.25) is 9.89 Å². The molecule has 4 heterocycles. The van der Waals surface area contributed by atoms with Gasteiger partial charge in [-0.1, -0.05) is 37.3 Å². The maximum Gasteiger partial charge on any atom is 0.251 e. The number of rotatable bonds is 4. The first-order valence-electron chi connectivity index (χ1n) is 12.7. The minimum absolute atomic E-state index is 0.0442. The Kier molecular flexibility index (Phi) is 4.68. The molecule has 1 aliphatic carbocycles.